The average molecular weight is 506 g/mol. The number of nitriles is 1. The van der Waals surface area contributed by atoms with Gasteiger partial charge in [0.2, 0.25) is 5.91 Å². The number of fused-ring (bicyclic) bond motifs is 2. The highest BCUT2D eigenvalue weighted by molar-refractivity contribution is 9.10. The fourth-order valence-electron chi connectivity index (χ4n) is 4.49. The molecule has 2 amide bonds. The number of halogens is 1. The first-order chi connectivity index (χ1) is 15.0. The summed E-state index contributed by atoms with van der Waals surface area (Å²) in [6.07, 6.45) is 2.21. The van der Waals surface area contributed by atoms with E-state index in [1.807, 2.05) is 0 Å². The molecule has 2 bridgehead atoms. The van der Waals surface area contributed by atoms with Crippen LogP contribution in [0.25, 0.3) is 0 Å². The highest BCUT2D eigenvalue weighted by Crippen LogP contribution is 2.43. The van der Waals surface area contributed by atoms with Crippen LogP contribution in [0.3, 0.4) is 0 Å². The van der Waals surface area contributed by atoms with Crippen LogP contribution in [-0.2, 0) is 20.7 Å². The van der Waals surface area contributed by atoms with Gasteiger partial charge < -0.3 is 14.8 Å². The van der Waals surface area contributed by atoms with Crippen LogP contribution in [0.15, 0.2) is 22.7 Å². The van der Waals surface area contributed by atoms with Gasteiger partial charge in [0.1, 0.15) is 17.7 Å². The van der Waals surface area contributed by atoms with Gasteiger partial charge in [0.05, 0.1) is 18.7 Å². The van der Waals surface area contributed by atoms with Gasteiger partial charge in [-0.15, -0.1) is 0 Å². The zero-order valence-corrected chi connectivity index (χ0v) is 20.3. The zero-order valence-electron chi connectivity index (χ0n) is 18.7. The Labute approximate surface area is 196 Å². The Morgan fingerprint density at radius 1 is 1.31 bits per heavy atom. The van der Waals surface area contributed by atoms with Crippen molar-refractivity contribution in [2.24, 2.45) is 5.92 Å². The molecule has 1 aliphatic carbocycles. The summed E-state index contributed by atoms with van der Waals surface area (Å²) in [5.74, 6) is -0.781. The first-order valence-electron chi connectivity index (χ1n) is 10.6. The maximum atomic E-state index is 13.2. The third-order valence-electron chi connectivity index (χ3n) is 5.81. The van der Waals surface area contributed by atoms with Gasteiger partial charge in [-0.25, -0.2) is 9.59 Å². The summed E-state index contributed by atoms with van der Waals surface area (Å²) in [6.45, 7) is 5.38. The normalized spacial score (nSPS) is 22.8. The number of carbonyl (C=O) groups is 3. The molecule has 172 valence electrons. The van der Waals surface area contributed by atoms with Crippen molar-refractivity contribution in [2.75, 3.05) is 7.11 Å². The van der Waals surface area contributed by atoms with Crippen LogP contribution in [0.5, 0.6) is 0 Å². The van der Waals surface area contributed by atoms with Crippen molar-refractivity contribution in [1.29, 1.82) is 5.26 Å². The predicted molar refractivity (Wildman–Crippen MR) is 120 cm³/mol. The molecular weight excluding hydrogens is 478 g/mol. The van der Waals surface area contributed by atoms with E-state index in [0.717, 1.165) is 19.3 Å². The molecule has 2 fully saturated rings. The smallest absolute Gasteiger partial charge is 0.411 e. The summed E-state index contributed by atoms with van der Waals surface area (Å²) in [5, 5.41) is 12.4. The largest absolute Gasteiger partial charge is 0.465 e. The molecule has 8 nitrogen and oxygen atoms in total. The Morgan fingerprint density at radius 3 is 2.66 bits per heavy atom. The van der Waals surface area contributed by atoms with Crippen molar-refractivity contribution < 1.29 is 23.9 Å². The molecule has 1 unspecified atom stereocenters. The Kier molecular flexibility index (Phi) is 7.13. The molecular formula is C23H28BrN3O5. The molecule has 0 radical (unpaired) electrons. The van der Waals surface area contributed by atoms with Crippen molar-refractivity contribution in [3.8, 4) is 6.07 Å². The fourth-order valence-corrected chi connectivity index (χ4v) is 4.90. The molecule has 1 saturated heterocycles. The van der Waals surface area contributed by atoms with Gasteiger partial charge in [-0.2, -0.15) is 5.26 Å². The number of ether oxygens (including phenoxy) is 2. The van der Waals surface area contributed by atoms with E-state index in [-0.39, 0.29) is 24.3 Å². The average Bonchev–Trinajstić information content (AvgIpc) is 3.34. The van der Waals surface area contributed by atoms with Crippen LogP contribution in [0.2, 0.25) is 0 Å². The van der Waals surface area contributed by atoms with Gasteiger partial charge in [0.25, 0.3) is 0 Å². The molecule has 32 heavy (non-hydrogen) atoms. The monoisotopic (exact) mass is 505 g/mol. The molecule has 1 heterocycles. The Morgan fingerprint density at radius 2 is 2.03 bits per heavy atom. The van der Waals surface area contributed by atoms with Gasteiger partial charge in [-0.1, -0.05) is 6.07 Å². The molecule has 1 aromatic carbocycles. The number of hydrogen-bond donors (Lipinski definition) is 1. The SMILES string of the molecule is COC(=O)c1cc(CC(C#N)NC(=O)[C@@H]2[C@H]3CC[C@H](C3)N2C(=O)OC(C)(C)C)ccc1Br. The summed E-state index contributed by atoms with van der Waals surface area (Å²) in [4.78, 5) is 39.4. The van der Waals surface area contributed by atoms with Crippen LogP contribution in [0.4, 0.5) is 4.79 Å². The second kappa shape index (κ2) is 9.49. The molecule has 9 heteroatoms. The molecule has 1 N–H and O–H groups in total. The van der Waals surface area contributed by atoms with E-state index < -0.39 is 29.7 Å². The summed E-state index contributed by atoms with van der Waals surface area (Å²) < 4.78 is 10.9. The van der Waals surface area contributed by atoms with Crippen molar-refractivity contribution in [1.82, 2.24) is 10.2 Å². The molecule has 4 atom stereocenters. The molecule has 1 aliphatic heterocycles. The number of methoxy groups -OCH3 is 1. The predicted octanol–water partition coefficient (Wildman–Crippen LogP) is 3.57. The first-order valence-corrected chi connectivity index (χ1v) is 11.4. The highest BCUT2D eigenvalue weighted by atomic mass is 79.9. The van der Waals surface area contributed by atoms with Gasteiger partial charge in [-0.3, -0.25) is 9.69 Å². The number of likely N-dealkylation sites (tertiary alicyclic amines) is 1. The number of amides is 2. The van der Waals surface area contributed by atoms with E-state index in [2.05, 4.69) is 27.3 Å². The molecule has 3 rings (SSSR count). The number of nitrogens with zero attached hydrogens (tertiary/aromatic N) is 2. The first kappa shape index (κ1) is 24.1. The topological polar surface area (TPSA) is 109 Å². The second-order valence-electron chi connectivity index (χ2n) is 9.26. The second-order valence-corrected chi connectivity index (χ2v) is 10.1. The van der Waals surface area contributed by atoms with Gasteiger partial charge in [0, 0.05) is 16.9 Å². The number of esters is 1. The minimum atomic E-state index is -0.811. The lowest BCUT2D eigenvalue weighted by Gasteiger charge is -2.35. The van der Waals surface area contributed by atoms with Crippen LogP contribution in [-0.4, -0.2) is 53.7 Å². The van der Waals surface area contributed by atoms with Gasteiger partial charge in [-0.05, 0) is 79.6 Å². The number of hydrogen-bond acceptors (Lipinski definition) is 6. The Balaban J connectivity index is 1.72. The summed E-state index contributed by atoms with van der Waals surface area (Å²) in [7, 11) is 1.30. The lowest BCUT2D eigenvalue weighted by molar-refractivity contribution is -0.128. The van der Waals surface area contributed by atoms with Crippen molar-refractivity contribution in [3.05, 3.63) is 33.8 Å². The van der Waals surface area contributed by atoms with E-state index in [4.69, 9.17) is 9.47 Å². The summed E-state index contributed by atoms with van der Waals surface area (Å²) in [5.41, 5.74) is 0.392. The minimum absolute atomic E-state index is 0.0137. The molecule has 0 spiro atoms. The Hall–Kier alpha value is -2.60. The minimum Gasteiger partial charge on any atom is -0.465 e. The third kappa shape index (κ3) is 5.23. The third-order valence-corrected chi connectivity index (χ3v) is 6.50. The number of rotatable bonds is 5. The molecule has 2 aliphatic rings. The van der Waals surface area contributed by atoms with Gasteiger partial charge in [0.15, 0.2) is 0 Å². The molecule has 1 saturated carbocycles. The maximum absolute atomic E-state index is 13.2. The van der Waals surface area contributed by atoms with Crippen molar-refractivity contribution in [3.63, 3.8) is 0 Å². The lowest BCUT2D eigenvalue weighted by Crippen LogP contribution is -2.55. The van der Waals surface area contributed by atoms with Crippen LogP contribution >= 0.6 is 15.9 Å². The standard InChI is InChI=1S/C23H28BrN3O5/c1-23(2,3)32-22(30)27-16-7-6-14(11-16)19(27)20(28)26-15(12-25)9-13-5-8-18(24)17(10-13)21(29)31-4/h5,8,10,14-16,19H,6-7,9,11H2,1-4H3,(H,26,28)/t14-,15?,16+,19-/m0/s1. The number of piperidine rings is 1. The number of nitrogens with one attached hydrogen (secondary N) is 1. The lowest BCUT2D eigenvalue weighted by atomic mass is 9.97. The van der Waals surface area contributed by atoms with Crippen molar-refractivity contribution >= 4 is 33.9 Å². The summed E-state index contributed by atoms with van der Waals surface area (Å²) in [6, 6.07) is 5.76. The number of benzene rings is 1. The molecule has 1 aromatic rings. The van der Waals surface area contributed by atoms with Crippen LogP contribution < -0.4 is 5.32 Å². The maximum Gasteiger partial charge on any atom is 0.411 e. The number of carbonyl (C=O) groups excluding carboxylic acids is 3. The van der Waals surface area contributed by atoms with Gasteiger partial charge >= 0.3 is 12.1 Å². The van der Waals surface area contributed by atoms with E-state index in [1.54, 1.807) is 43.9 Å². The highest BCUT2D eigenvalue weighted by Gasteiger charge is 2.52. The molecule has 0 aromatic heterocycles. The summed E-state index contributed by atoms with van der Waals surface area (Å²) >= 11 is 3.31. The zero-order chi connectivity index (χ0) is 23.6. The van der Waals surface area contributed by atoms with E-state index in [0.29, 0.717) is 15.6 Å². The van der Waals surface area contributed by atoms with E-state index in [1.165, 1.54) is 7.11 Å². The van der Waals surface area contributed by atoms with Crippen LogP contribution in [0.1, 0.15) is 56.0 Å². The fraction of sp³-hybridized carbons (Fsp3) is 0.565. The van der Waals surface area contributed by atoms with Crippen molar-refractivity contribution in [2.45, 2.75) is 70.2 Å². The van der Waals surface area contributed by atoms with Crippen LogP contribution in [0, 0.1) is 17.2 Å². The van der Waals surface area contributed by atoms with E-state index >= 15 is 0 Å². The van der Waals surface area contributed by atoms with E-state index in [9.17, 15) is 19.6 Å². The quantitative estimate of drug-likeness (QED) is 0.612. The Bertz CT molecular complexity index is 952.